The highest BCUT2D eigenvalue weighted by Crippen LogP contribution is 2.33. The summed E-state index contributed by atoms with van der Waals surface area (Å²) in [4.78, 5) is 35.3. The van der Waals surface area contributed by atoms with E-state index in [2.05, 4.69) is 20.4 Å². The van der Waals surface area contributed by atoms with Crippen LogP contribution in [0.3, 0.4) is 0 Å². The van der Waals surface area contributed by atoms with Gasteiger partial charge in [-0.05, 0) is 6.42 Å². The molecule has 0 spiro atoms. The molecule has 1 unspecified atom stereocenters. The average molecular weight is 580 g/mol. The van der Waals surface area contributed by atoms with Gasteiger partial charge in [0.05, 0.1) is 49.7 Å². The number of amides is 1. The molecule has 1 amide bonds. The number of carbonyl (C=O) groups excluding carboxylic acids is 1. The lowest BCUT2D eigenvalue weighted by atomic mass is 9.99. The maximum absolute atomic E-state index is 13.5. The number of rotatable bonds is 9. The standard InChI is InChI=1S/C23H27F6N7O4/c24-22(25,26)15-9-30-21(31-10-15)36-5-3-35(4-6-36)18(37)2-8-40-13-17(14-1-7-39-12-14)33-16-11-32-34-20(38)19(16)23(27,28)29/h9-11,14,17H,1-8,12-13H2,(H2,33,34,38)/t14?,17-/m0/s1. The smallest absolute Gasteiger partial charge is 0.381 e. The van der Waals surface area contributed by atoms with Crippen molar-refractivity contribution in [1.82, 2.24) is 25.1 Å². The second-order valence-corrected chi connectivity index (χ2v) is 9.32. The second-order valence-electron chi connectivity index (χ2n) is 9.32. The molecule has 2 N–H and O–H groups in total. The molecule has 2 fully saturated rings. The Morgan fingerprint density at radius 3 is 2.40 bits per heavy atom. The van der Waals surface area contributed by atoms with Gasteiger partial charge in [0.15, 0.2) is 0 Å². The van der Waals surface area contributed by atoms with Crippen LogP contribution in [0.2, 0.25) is 0 Å². The third kappa shape index (κ3) is 7.38. The highest BCUT2D eigenvalue weighted by atomic mass is 19.4. The fourth-order valence-electron chi connectivity index (χ4n) is 4.47. The summed E-state index contributed by atoms with van der Waals surface area (Å²) in [6, 6.07) is -0.630. The van der Waals surface area contributed by atoms with Crippen molar-refractivity contribution < 1.29 is 40.6 Å². The highest BCUT2D eigenvalue weighted by Gasteiger charge is 2.39. The van der Waals surface area contributed by atoms with Gasteiger partial charge < -0.3 is 24.6 Å². The van der Waals surface area contributed by atoms with Gasteiger partial charge >= 0.3 is 12.4 Å². The summed E-state index contributed by atoms with van der Waals surface area (Å²) in [6.07, 6.45) is -6.51. The van der Waals surface area contributed by atoms with Crippen LogP contribution in [-0.2, 0) is 26.6 Å². The van der Waals surface area contributed by atoms with E-state index in [4.69, 9.17) is 9.47 Å². The molecule has 2 aliphatic heterocycles. The Labute approximate surface area is 223 Å². The summed E-state index contributed by atoms with van der Waals surface area (Å²) in [6.45, 7) is 1.98. The molecule has 220 valence electrons. The molecule has 2 atom stereocenters. The number of nitrogens with zero attached hydrogens (tertiary/aromatic N) is 5. The first-order chi connectivity index (χ1) is 18.9. The number of aromatic amines is 1. The first-order valence-corrected chi connectivity index (χ1v) is 12.4. The van der Waals surface area contributed by atoms with E-state index in [0.29, 0.717) is 58.2 Å². The minimum absolute atomic E-state index is 0.00652. The third-order valence-electron chi connectivity index (χ3n) is 6.65. The predicted molar refractivity (Wildman–Crippen MR) is 127 cm³/mol. The van der Waals surface area contributed by atoms with Crippen molar-refractivity contribution in [3.8, 4) is 0 Å². The molecular weight excluding hydrogens is 552 g/mol. The summed E-state index contributed by atoms with van der Waals surface area (Å²) in [7, 11) is 0. The molecule has 4 heterocycles. The van der Waals surface area contributed by atoms with Crippen molar-refractivity contribution >= 4 is 17.5 Å². The van der Waals surface area contributed by atoms with Crippen molar-refractivity contribution in [3.05, 3.63) is 40.1 Å². The van der Waals surface area contributed by atoms with Crippen molar-refractivity contribution in [3.63, 3.8) is 0 Å². The van der Waals surface area contributed by atoms with Crippen molar-refractivity contribution in [2.24, 2.45) is 5.92 Å². The van der Waals surface area contributed by atoms with E-state index < -0.39 is 40.8 Å². The SMILES string of the molecule is O=C(CCOC[C@H](Nc1cn[nH]c(=O)c1C(F)(F)F)C1CCOC1)N1CCN(c2ncc(C(F)(F)F)cn2)CC1. The van der Waals surface area contributed by atoms with Gasteiger partial charge in [-0.15, -0.1) is 0 Å². The molecule has 40 heavy (non-hydrogen) atoms. The predicted octanol–water partition coefficient (Wildman–Crippen LogP) is 2.17. The highest BCUT2D eigenvalue weighted by molar-refractivity contribution is 5.76. The van der Waals surface area contributed by atoms with E-state index >= 15 is 0 Å². The van der Waals surface area contributed by atoms with Gasteiger partial charge in [0.2, 0.25) is 11.9 Å². The van der Waals surface area contributed by atoms with Crippen molar-refractivity contribution in [2.75, 3.05) is 62.8 Å². The molecule has 0 saturated carbocycles. The van der Waals surface area contributed by atoms with E-state index in [1.165, 1.54) is 0 Å². The number of nitrogens with one attached hydrogen (secondary N) is 2. The van der Waals surface area contributed by atoms with Crippen molar-refractivity contribution in [2.45, 2.75) is 31.2 Å². The molecule has 0 radical (unpaired) electrons. The van der Waals surface area contributed by atoms with Gasteiger partial charge in [-0.25, -0.2) is 15.1 Å². The molecule has 2 aliphatic rings. The maximum Gasteiger partial charge on any atom is 0.423 e. The lowest BCUT2D eigenvalue weighted by Crippen LogP contribution is -2.49. The topological polar surface area (TPSA) is 126 Å². The largest absolute Gasteiger partial charge is 0.423 e. The van der Waals surface area contributed by atoms with Crippen LogP contribution in [0.4, 0.5) is 38.0 Å². The number of ether oxygens (including phenoxy) is 2. The van der Waals surface area contributed by atoms with Gasteiger partial charge in [-0.1, -0.05) is 0 Å². The molecule has 2 aromatic heterocycles. The van der Waals surface area contributed by atoms with Gasteiger partial charge in [-0.2, -0.15) is 31.4 Å². The van der Waals surface area contributed by atoms with Crippen LogP contribution in [0.1, 0.15) is 24.0 Å². The zero-order valence-electron chi connectivity index (χ0n) is 21.1. The van der Waals surface area contributed by atoms with Crippen LogP contribution < -0.4 is 15.8 Å². The number of piperazine rings is 1. The Bertz CT molecular complexity index is 1190. The number of aromatic nitrogens is 4. The van der Waals surface area contributed by atoms with Crippen LogP contribution in [0, 0.1) is 5.92 Å². The van der Waals surface area contributed by atoms with Gasteiger partial charge in [0, 0.05) is 51.1 Å². The molecule has 0 aromatic carbocycles. The van der Waals surface area contributed by atoms with E-state index in [-0.39, 0.29) is 37.4 Å². The van der Waals surface area contributed by atoms with Crippen LogP contribution >= 0.6 is 0 Å². The number of H-pyrrole nitrogens is 1. The fourth-order valence-corrected chi connectivity index (χ4v) is 4.47. The number of anilines is 2. The monoisotopic (exact) mass is 579 g/mol. The van der Waals surface area contributed by atoms with Crippen LogP contribution in [0.25, 0.3) is 0 Å². The van der Waals surface area contributed by atoms with Crippen LogP contribution in [0.15, 0.2) is 23.4 Å². The normalized spacial score (nSPS) is 19.1. The summed E-state index contributed by atoms with van der Waals surface area (Å²) in [5.41, 5.74) is -4.17. The lowest BCUT2D eigenvalue weighted by Gasteiger charge is -2.34. The Balaban J connectivity index is 1.26. The summed E-state index contributed by atoms with van der Waals surface area (Å²) < 4.78 is 89.5. The maximum atomic E-state index is 13.5. The number of hydrogen-bond acceptors (Lipinski definition) is 9. The zero-order chi connectivity index (χ0) is 28.9. The lowest BCUT2D eigenvalue weighted by molar-refractivity contribution is -0.139. The van der Waals surface area contributed by atoms with Gasteiger partial charge in [-0.3, -0.25) is 9.59 Å². The Morgan fingerprint density at radius 2 is 1.80 bits per heavy atom. The number of hydrogen-bond donors (Lipinski definition) is 2. The summed E-state index contributed by atoms with van der Waals surface area (Å²) in [5.74, 6) is -0.251. The van der Waals surface area contributed by atoms with Gasteiger partial charge in [0.25, 0.3) is 5.56 Å². The van der Waals surface area contributed by atoms with Crippen molar-refractivity contribution in [1.29, 1.82) is 0 Å². The first-order valence-electron chi connectivity index (χ1n) is 12.4. The minimum Gasteiger partial charge on any atom is -0.381 e. The molecule has 17 heteroatoms. The van der Waals surface area contributed by atoms with Crippen LogP contribution in [-0.4, -0.2) is 89.6 Å². The fraction of sp³-hybridized carbons (Fsp3) is 0.609. The molecule has 0 bridgehead atoms. The number of carbonyl (C=O) groups is 1. The Morgan fingerprint density at radius 1 is 1.10 bits per heavy atom. The average Bonchev–Trinajstić information content (AvgIpc) is 3.44. The summed E-state index contributed by atoms with van der Waals surface area (Å²) in [5, 5.41) is 8.00. The number of halogens is 6. The molecule has 4 rings (SSSR count). The van der Waals surface area contributed by atoms with E-state index in [9.17, 15) is 35.9 Å². The molecule has 2 saturated heterocycles. The quantitative estimate of drug-likeness (QED) is 0.340. The molecule has 2 aromatic rings. The molecular formula is C23H27F6N7O4. The first kappa shape index (κ1) is 29.5. The Kier molecular flexibility index (Phi) is 9.12. The molecule has 0 aliphatic carbocycles. The second kappa shape index (κ2) is 12.4. The molecule has 11 nitrogen and oxygen atoms in total. The zero-order valence-corrected chi connectivity index (χ0v) is 21.1. The van der Waals surface area contributed by atoms with Crippen LogP contribution in [0.5, 0.6) is 0 Å². The minimum atomic E-state index is -4.90. The Hall–Kier alpha value is -3.47. The van der Waals surface area contributed by atoms with E-state index in [1.807, 2.05) is 0 Å². The van der Waals surface area contributed by atoms with E-state index in [0.717, 1.165) is 6.20 Å². The van der Waals surface area contributed by atoms with Gasteiger partial charge in [0.1, 0.15) is 5.56 Å². The third-order valence-corrected chi connectivity index (χ3v) is 6.65. The number of alkyl halides is 6. The summed E-state index contributed by atoms with van der Waals surface area (Å²) >= 11 is 0. The van der Waals surface area contributed by atoms with E-state index in [1.54, 1.807) is 14.9 Å².